The minimum atomic E-state index is -0.645. The van der Waals surface area contributed by atoms with E-state index in [1.807, 2.05) is 18.2 Å². The van der Waals surface area contributed by atoms with Gasteiger partial charge in [-0.15, -0.1) is 0 Å². The second-order valence-corrected chi connectivity index (χ2v) is 5.72. The lowest BCUT2D eigenvalue weighted by molar-refractivity contribution is -0.145. The third-order valence-corrected chi connectivity index (χ3v) is 4.50. The number of ether oxygens (including phenoxy) is 1. The van der Waals surface area contributed by atoms with E-state index < -0.39 is 5.97 Å². The quantitative estimate of drug-likeness (QED) is 0.901. The number of carboxylic acid groups (broad SMARTS) is 1. The average Bonchev–Trinajstić information content (AvgIpc) is 2.69. The zero-order chi connectivity index (χ0) is 13.9. The number of fused-ring (bicyclic) bond motifs is 1. The minimum absolute atomic E-state index is 0.149. The molecule has 2 atom stereocenters. The first-order valence-corrected chi connectivity index (χ1v) is 7.43. The second-order valence-electron chi connectivity index (χ2n) is 5.72. The van der Waals surface area contributed by atoms with E-state index >= 15 is 0 Å². The zero-order valence-corrected chi connectivity index (χ0v) is 11.6. The molecule has 0 spiro atoms. The van der Waals surface area contributed by atoms with Crippen LogP contribution in [0.2, 0.25) is 0 Å². The first kappa shape index (κ1) is 13.4. The van der Waals surface area contributed by atoms with E-state index in [1.165, 1.54) is 5.56 Å². The van der Waals surface area contributed by atoms with Crippen molar-refractivity contribution in [3.05, 3.63) is 29.8 Å². The summed E-state index contributed by atoms with van der Waals surface area (Å²) >= 11 is 0. The molecular formula is C16H21NO3. The molecule has 3 rings (SSSR count). The number of rotatable bonds is 2. The van der Waals surface area contributed by atoms with Crippen molar-refractivity contribution in [3.63, 3.8) is 0 Å². The number of hydrogen-bond acceptors (Lipinski definition) is 3. The molecule has 1 aliphatic carbocycles. The normalized spacial score (nSPS) is 27.2. The van der Waals surface area contributed by atoms with Crippen LogP contribution in [0.3, 0.4) is 0 Å². The molecule has 4 nitrogen and oxygen atoms in total. The van der Waals surface area contributed by atoms with Crippen LogP contribution in [0.15, 0.2) is 24.3 Å². The fourth-order valence-corrected chi connectivity index (χ4v) is 3.47. The van der Waals surface area contributed by atoms with E-state index in [-0.39, 0.29) is 12.0 Å². The van der Waals surface area contributed by atoms with Crippen LogP contribution in [0.1, 0.15) is 31.2 Å². The van der Waals surface area contributed by atoms with Gasteiger partial charge in [0, 0.05) is 24.7 Å². The molecule has 0 bridgehead atoms. The molecule has 108 valence electrons. The molecule has 1 aromatic carbocycles. The summed E-state index contributed by atoms with van der Waals surface area (Å²) in [6.07, 6.45) is 3.96. The molecule has 0 radical (unpaired) electrons. The minimum Gasteiger partial charge on any atom is -0.492 e. The van der Waals surface area contributed by atoms with Crippen LogP contribution in [-0.4, -0.2) is 35.2 Å². The van der Waals surface area contributed by atoms with Gasteiger partial charge in [0.2, 0.25) is 0 Å². The van der Waals surface area contributed by atoms with Gasteiger partial charge in [-0.2, -0.15) is 0 Å². The van der Waals surface area contributed by atoms with Crippen LogP contribution in [0, 0.1) is 5.92 Å². The number of aliphatic carboxylic acids is 1. The zero-order valence-electron chi connectivity index (χ0n) is 11.6. The summed E-state index contributed by atoms with van der Waals surface area (Å²) in [5, 5.41) is 9.45. The maximum absolute atomic E-state index is 11.5. The molecule has 0 amide bonds. The summed E-state index contributed by atoms with van der Waals surface area (Å²) in [5.41, 5.74) is 1.17. The number of para-hydroxylation sites is 1. The Morgan fingerprint density at radius 1 is 1.25 bits per heavy atom. The first-order valence-electron chi connectivity index (χ1n) is 7.43. The third kappa shape index (κ3) is 2.66. The smallest absolute Gasteiger partial charge is 0.308 e. The number of benzene rings is 1. The van der Waals surface area contributed by atoms with Gasteiger partial charge in [-0.05, 0) is 18.9 Å². The van der Waals surface area contributed by atoms with Crippen molar-refractivity contribution in [2.45, 2.75) is 38.3 Å². The third-order valence-electron chi connectivity index (χ3n) is 4.50. The molecule has 2 aliphatic rings. The lowest BCUT2D eigenvalue weighted by atomic mass is 9.83. The van der Waals surface area contributed by atoms with E-state index in [0.29, 0.717) is 6.61 Å². The van der Waals surface area contributed by atoms with Crippen LogP contribution in [0.25, 0.3) is 0 Å². The summed E-state index contributed by atoms with van der Waals surface area (Å²) in [7, 11) is 0. The molecule has 1 saturated carbocycles. The molecule has 1 fully saturated rings. The first-order chi connectivity index (χ1) is 9.75. The Balaban J connectivity index is 1.81. The van der Waals surface area contributed by atoms with E-state index in [1.54, 1.807) is 0 Å². The van der Waals surface area contributed by atoms with Gasteiger partial charge >= 0.3 is 5.97 Å². The van der Waals surface area contributed by atoms with Gasteiger partial charge in [-0.1, -0.05) is 31.0 Å². The van der Waals surface area contributed by atoms with Gasteiger partial charge in [0.1, 0.15) is 12.4 Å². The fraction of sp³-hybridized carbons (Fsp3) is 0.562. The van der Waals surface area contributed by atoms with Crippen molar-refractivity contribution in [1.82, 2.24) is 4.90 Å². The van der Waals surface area contributed by atoms with Gasteiger partial charge in [0.25, 0.3) is 0 Å². The van der Waals surface area contributed by atoms with Gasteiger partial charge in [-0.25, -0.2) is 0 Å². The predicted molar refractivity (Wildman–Crippen MR) is 75.7 cm³/mol. The summed E-state index contributed by atoms with van der Waals surface area (Å²) in [6, 6.07) is 8.22. The topological polar surface area (TPSA) is 49.8 Å². The second kappa shape index (κ2) is 5.83. The lowest BCUT2D eigenvalue weighted by Gasteiger charge is -2.37. The largest absolute Gasteiger partial charge is 0.492 e. The fourth-order valence-electron chi connectivity index (χ4n) is 3.47. The molecule has 0 saturated heterocycles. The van der Waals surface area contributed by atoms with Crippen LogP contribution in [-0.2, 0) is 11.3 Å². The molecule has 20 heavy (non-hydrogen) atoms. The van der Waals surface area contributed by atoms with Gasteiger partial charge < -0.3 is 9.84 Å². The maximum Gasteiger partial charge on any atom is 0.308 e. The number of carboxylic acids is 1. The van der Waals surface area contributed by atoms with E-state index in [9.17, 15) is 9.90 Å². The van der Waals surface area contributed by atoms with Crippen molar-refractivity contribution >= 4 is 5.97 Å². The Labute approximate surface area is 119 Å². The number of hydrogen-bond donors (Lipinski definition) is 1. The highest BCUT2D eigenvalue weighted by Gasteiger charge is 2.35. The number of nitrogens with zero attached hydrogens (tertiary/aromatic N) is 1. The summed E-state index contributed by atoms with van der Waals surface area (Å²) in [6.45, 7) is 2.24. The molecule has 0 aromatic heterocycles. The molecule has 1 N–H and O–H groups in total. The molecular weight excluding hydrogens is 254 g/mol. The van der Waals surface area contributed by atoms with Crippen molar-refractivity contribution in [1.29, 1.82) is 0 Å². The standard InChI is InChI=1S/C16H21NO3/c18-16(19)13-6-2-3-7-14(13)17-9-10-20-15-8-4-1-5-12(15)11-17/h1,4-5,8,13-14H,2-3,6-7,9-11H2,(H,18,19). The Hall–Kier alpha value is -1.55. The highest BCUT2D eigenvalue weighted by Crippen LogP contribution is 2.32. The molecule has 1 heterocycles. The van der Waals surface area contributed by atoms with Crippen LogP contribution >= 0.6 is 0 Å². The Kier molecular flexibility index (Phi) is 3.92. The predicted octanol–water partition coefficient (Wildman–Crippen LogP) is 2.52. The van der Waals surface area contributed by atoms with Gasteiger partial charge in [-0.3, -0.25) is 9.69 Å². The Morgan fingerprint density at radius 3 is 2.90 bits per heavy atom. The highest BCUT2D eigenvalue weighted by molar-refractivity contribution is 5.71. The average molecular weight is 275 g/mol. The number of carbonyl (C=O) groups is 1. The lowest BCUT2D eigenvalue weighted by Crippen LogP contribution is -2.45. The highest BCUT2D eigenvalue weighted by atomic mass is 16.5. The molecule has 2 unspecified atom stereocenters. The molecule has 4 heteroatoms. The van der Waals surface area contributed by atoms with E-state index in [2.05, 4.69) is 11.0 Å². The van der Waals surface area contributed by atoms with Crippen molar-refractivity contribution in [3.8, 4) is 5.75 Å². The Bertz CT molecular complexity index is 488. The SMILES string of the molecule is O=C(O)C1CCCCC1N1CCOc2ccccc2C1. The Morgan fingerprint density at radius 2 is 2.05 bits per heavy atom. The van der Waals surface area contributed by atoms with Gasteiger partial charge in [0.05, 0.1) is 5.92 Å². The molecule has 1 aliphatic heterocycles. The maximum atomic E-state index is 11.5. The van der Waals surface area contributed by atoms with Gasteiger partial charge in [0.15, 0.2) is 0 Å². The van der Waals surface area contributed by atoms with Crippen LogP contribution < -0.4 is 4.74 Å². The molecule has 1 aromatic rings. The van der Waals surface area contributed by atoms with Crippen molar-refractivity contribution in [2.75, 3.05) is 13.2 Å². The van der Waals surface area contributed by atoms with E-state index in [4.69, 9.17) is 4.74 Å². The summed E-state index contributed by atoms with van der Waals surface area (Å²) < 4.78 is 5.78. The van der Waals surface area contributed by atoms with Crippen molar-refractivity contribution in [2.24, 2.45) is 5.92 Å². The van der Waals surface area contributed by atoms with E-state index in [0.717, 1.165) is 44.5 Å². The summed E-state index contributed by atoms with van der Waals surface area (Å²) in [4.78, 5) is 13.8. The van der Waals surface area contributed by atoms with Crippen LogP contribution in [0.5, 0.6) is 5.75 Å². The summed E-state index contributed by atoms with van der Waals surface area (Å²) in [5.74, 6) is 0.0693. The van der Waals surface area contributed by atoms with Crippen LogP contribution in [0.4, 0.5) is 0 Å². The van der Waals surface area contributed by atoms with Crippen molar-refractivity contribution < 1.29 is 14.6 Å². The monoisotopic (exact) mass is 275 g/mol.